The zero-order chi connectivity index (χ0) is 16.5. The topological polar surface area (TPSA) is 29.1 Å². The summed E-state index contributed by atoms with van der Waals surface area (Å²) in [5, 5.41) is 1.45. The molecule has 0 saturated carbocycles. The first-order valence-corrected chi connectivity index (χ1v) is 5.59. The van der Waals surface area contributed by atoms with Crippen molar-refractivity contribution in [2.45, 2.75) is 31.0 Å². The van der Waals surface area contributed by atoms with Crippen LogP contribution in [0.4, 0.5) is 30.7 Å². The van der Waals surface area contributed by atoms with Crippen LogP contribution in [0.3, 0.4) is 0 Å². The van der Waals surface area contributed by atoms with E-state index in [1.165, 1.54) is 36.5 Å². The van der Waals surface area contributed by atoms with Crippen LogP contribution in [0.25, 0.3) is 0 Å². The van der Waals surface area contributed by atoms with Crippen molar-refractivity contribution < 1.29 is 35.5 Å². The Kier molecular flexibility index (Phi) is 4.54. The van der Waals surface area contributed by atoms with E-state index in [9.17, 15) is 35.5 Å². The Labute approximate surface area is 114 Å². The van der Waals surface area contributed by atoms with Gasteiger partial charge in [0.25, 0.3) is 5.91 Å². The lowest BCUT2D eigenvalue weighted by atomic mass is 10.1. The molecule has 0 radical (unpaired) electrons. The van der Waals surface area contributed by atoms with Crippen LogP contribution >= 0.6 is 0 Å². The molecule has 2 nitrogen and oxygen atoms in total. The Bertz CT molecular complexity index is 498. The average Bonchev–Trinajstić information content (AvgIpc) is 2.38. The van der Waals surface area contributed by atoms with E-state index in [0.29, 0.717) is 0 Å². The van der Waals surface area contributed by atoms with Crippen LogP contribution in [0, 0.1) is 0 Å². The van der Waals surface area contributed by atoms with Crippen LogP contribution in [0.15, 0.2) is 30.3 Å². The lowest BCUT2D eigenvalue weighted by molar-refractivity contribution is -0.344. The molecule has 0 bridgehead atoms. The molecular weight excluding hydrogens is 307 g/mol. The van der Waals surface area contributed by atoms with E-state index in [0.717, 1.165) is 0 Å². The smallest absolute Gasteiger partial charge is 0.344 e. The zero-order valence-electron chi connectivity index (χ0n) is 10.5. The molecule has 1 aromatic carbocycles. The molecule has 1 N–H and O–H groups in total. The molecule has 21 heavy (non-hydrogen) atoms. The summed E-state index contributed by atoms with van der Waals surface area (Å²) in [4.78, 5) is 11.1. The number of carbonyl (C=O) groups is 1. The predicted molar refractivity (Wildman–Crippen MR) is 58.9 cm³/mol. The number of amides is 1. The number of benzene rings is 1. The van der Waals surface area contributed by atoms with Gasteiger partial charge in [0.05, 0.1) is 6.04 Å². The Morgan fingerprint density at radius 1 is 1.00 bits per heavy atom. The largest absolute Gasteiger partial charge is 0.460 e. The molecular formula is C12H10F7NO. The van der Waals surface area contributed by atoms with Gasteiger partial charge in [-0.1, -0.05) is 30.3 Å². The van der Waals surface area contributed by atoms with E-state index < -0.39 is 30.0 Å². The molecule has 0 aliphatic rings. The van der Waals surface area contributed by atoms with E-state index >= 15 is 0 Å². The number of rotatable bonds is 4. The SMILES string of the molecule is C[C@H](NC(=O)C(F)(F)C(F)(F)C(F)(F)F)c1ccccc1. The summed E-state index contributed by atoms with van der Waals surface area (Å²) in [6.45, 7) is 1.18. The minimum absolute atomic E-state index is 0.275. The van der Waals surface area contributed by atoms with Crippen LogP contribution < -0.4 is 5.32 Å². The second-order valence-electron chi connectivity index (χ2n) is 4.25. The molecule has 1 atom stereocenters. The van der Waals surface area contributed by atoms with Crippen molar-refractivity contribution in [3.63, 3.8) is 0 Å². The highest BCUT2D eigenvalue weighted by molar-refractivity contribution is 5.85. The van der Waals surface area contributed by atoms with Crippen LogP contribution in [0.2, 0.25) is 0 Å². The summed E-state index contributed by atoms with van der Waals surface area (Å²) in [7, 11) is 0. The molecule has 0 fully saturated rings. The molecule has 0 aliphatic heterocycles. The third-order valence-corrected chi connectivity index (χ3v) is 2.68. The van der Waals surface area contributed by atoms with Crippen LogP contribution in [0.1, 0.15) is 18.5 Å². The van der Waals surface area contributed by atoms with Gasteiger partial charge in [-0.3, -0.25) is 4.79 Å². The number of hydrogen-bond donors (Lipinski definition) is 1. The second kappa shape index (κ2) is 5.53. The summed E-state index contributed by atoms with van der Waals surface area (Å²) in [5.41, 5.74) is 0.275. The maximum atomic E-state index is 13.1. The van der Waals surface area contributed by atoms with Crippen molar-refractivity contribution in [1.29, 1.82) is 0 Å². The van der Waals surface area contributed by atoms with E-state index in [2.05, 4.69) is 0 Å². The fourth-order valence-electron chi connectivity index (χ4n) is 1.43. The van der Waals surface area contributed by atoms with Gasteiger partial charge in [-0.15, -0.1) is 0 Å². The molecule has 0 aromatic heterocycles. The van der Waals surface area contributed by atoms with Gasteiger partial charge in [0.2, 0.25) is 0 Å². The maximum absolute atomic E-state index is 13.1. The second-order valence-corrected chi connectivity index (χ2v) is 4.25. The number of alkyl halides is 7. The lowest BCUT2D eigenvalue weighted by Gasteiger charge is -2.28. The summed E-state index contributed by atoms with van der Waals surface area (Å²) in [6.07, 6.45) is -6.54. The Hall–Kier alpha value is -1.80. The molecule has 1 aromatic rings. The van der Waals surface area contributed by atoms with Gasteiger partial charge in [0.1, 0.15) is 0 Å². The summed E-state index contributed by atoms with van der Waals surface area (Å²) in [6, 6.07) is 6.18. The van der Waals surface area contributed by atoms with Gasteiger partial charge in [-0.2, -0.15) is 30.7 Å². The van der Waals surface area contributed by atoms with Crippen molar-refractivity contribution in [3.8, 4) is 0 Å². The van der Waals surface area contributed by atoms with Crippen molar-refractivity contribution in [1.82, 2.24) is 5.32 Å². The van der Waals surface area contributed by atoms with Gasteiger partial charge >= 0.3 is 18.0 Å². The molecule has 0 spiro atoms. The average molecular weight is 317 g/mol. The van der Waals surface area contributed by atoms with E-state index in [-0.39, 0.29) is 5.56 Å². The third-order valence-electron chi connectivity index (χ3n) is 2.68. The fourth-order valence-corrected chi connectivity index (χ4v) is 1.43. The molecule has 118 valence electrons. The fraction of sp³-hybridized carbons (Fsp3) is 0.417. The van der Waals surface area contributed by atoms with Crippen molar-refractivity contribution >= 4 is 5.91 Å². The van der Waals surface area contributed by atoms with E-state index in [4.69, 9.17) is 0 Å². The molecule has 0 heterocycles. The third kappa shape index (κ3) is 3.27. The van der Waals surface area contributed by atoms with Crippen molar-refractivity contribution in [2.75, 3.05) is 0 Å². The van der Waals surface area contributed by atoms with Gasteiger partial charge in [-0.05, 0) is 12.5 Å². The summed E-state index contributed by atoms with van der Waals surface area (Å²) < 4.78 is 87.3. The maximum Gasteiger partial charge on any atom is 0.460 e. The Morgan fingerprint density at radius 3 is 1.90 bits per heavy atom. The lowest BCUT2D eigenvalue weighted by Crippen LogP contribution is -2.59. The minimum Gasteiger partial charge on any atom is -0.344 e. The highest BCUT2D eigenvalue weighted by atomic mass is 19.4. The van der Waals surface area contributed by atoms with E-state index in [1.807, 2.05) is 0 Å². The predicted octanol–water partition coefficient (Wildman–Crippen LogP) is 3.70. The highest BCUT2D eigenvalue weighted by Crippen LogP contribution is 2.46. The molecule has 1 rings (SSSR count). The normalized spacial score (nSPS) is 14.7. The summed E-state index contributed by atoms with van der Waals surface area (Å²) in [5.74, 6) is -15.1. The van der Waals surface area contributed by atoms with Gasteiger partial charge in [0.15, 0.2) is 0 Å². The van der Waals surface area contributed by atoms with Crippen molar-refractivity contribution in [2.24, 2.45) is 0 Å². The van der Waals surface area contributed by atoms with Gasteiger partial charge in [-0.25, -0.2) is 0 Å². The molecule has 0 aliphatic carbocycles. The van der Waals surface area contributed by atoms with Crippen molar-refractivity contribution in [3.05, 3.63) is 35.9 Å². The zero-order valence-corrected chi connectivity index (χ0v) is 10.5. The molecule has 0 saturated heterocycles. The quantitative estimate of drug-likeness (QED) is 0.843. The Morgan fingerprint density at radius 2 is 1.48 bits per heavy atom. The van der Waals surface area contributed by atoms with Gasteiger partial charge in [0, 0.05) is 0 Å². The first-order valence-electron chi connectivity index (χ1n) is 5.59. The van der Waals surface area contributed by atoms with Gasteiger partial charge < -0.3 is 5.32 Å². The minimum atomic E-state index is -6.54. The Balaban J connectivity index is 2.93. The molecule has 1 amide bonds. The summed E-state index contributed by atoms with van der Waals surface area (Å²) >= 11 is 0. The number of nitrogens with one attached hydrogen (secondary N) is 1. The first-order chi connectivity index (χ1) is 9.41. The number of halogens is 7. The number of hydrogen-bond acceptors (Lipinski definition) is 1. The van der Waals surface area contributed by atoms with Crippen LogP contribution in [-0.4, -0.2) is 23.9 Å². The highest BCUT2D eigenvalue weighted by Gasteiger charge is 2.76. The molecule has 0 unspecified atom stereocenters. The number of carbonyl (C=O) groups excluding carboxylic acids is 1. The van der Waals surface area contributed by atoms with Crippen LogP contribution in [-0.2, 0) is 4.79 Å². The monoisotopic (exact) mass is 317 g/mol. The van der Waals surface area contributed by atoms with Crippen LogP contribution in [0.5, 0.6) is 0 Å². The standard InChI is InChI=1S/C12H10F7NO/c1-7(8-5-3-2-4-6-8)20-9(21)10(13,14)11(15,16)12(17,18)19/h2-7H,1H3,(H,20,21)/t7-/m0/s1. The van der Waals surface area contributed by atoms with E-state index in [1.54, 1.807) is 6.07 Å². The molecule has 9 heteroatoms. The first kappa shape index (κ1) is 17.3.